The molecule has 3 aliphatic heterocycles. The molecule has 3 heterocycles. The number of nitrogens with zero attached hydrogens (tertiary/aromatic N) is 1. The number of aliphatic hydroxyl groups excluding tert-OH is 3. The Kier molecular flexibility index (Phi) is 31.2. The van der Waals surface area contributed by atoms with Crippen LogP contribution in [0, 0.1) is 53.3 Å². The number of phenols is 3. The van der Waals surface area contributed by atoms with Gasteiger partial charge in [-0.15, -0.1) is 0 Å². The lowest BCUT2D eigenvalue weighted by Crippen LogP contribution is -2.60. The lowest BCUT2D eigenvalue weighted by atomic mass is 9.75. The van der Waals surface area contributed by atoms with E-state index in [0.717, 1.165) is 74.5 Å². The molecule has 6 aromatic rings. The number of hydrogen-bond donors (Lipinski definition) is 13. The number of phenolic OH excluding ortho intramolecular Hbond substituents is 3. The molecule has 27 nitrogen and oxygen atoms in total. The van der Waals surface area contributed by atoms with Crippen molar-refractivity contribution in [3.8, 4) is 17.2 Å². The molecule has 3 saturated carbocycles. The molecular formula is C91H112N8O19. The highest BCUT2D eigenvalue weighted by molar-refractivity contribution is 6.02. The van der Waals surface area contributed by atoms with Crippen LogP contribution >= 0.6 is 0 Å². The summed E-state index contributed by atoms with van der Waals surface area (Å²) in [6, 6.07) is 38.5. The number of amides is 8. The Morgan fingerprint density at radius 2 is 0.712 bits per heavy atom. The van der Waals surface area contributed by atoms with Gasteiger partial charge in [0.15, 0.2) is 23.5 Å². The number of aromatic hydroxyl groups is 3. The lowest BCUT2D eigenvalue weighted by molar-refractivity contribution is -0.168. The van der Waals surface area contributed by atoms with Crippen LogP contribution in [0.1, 0.15) is 166 Å². The molecule has 27 heteroatoms. The Hall–Kier alpha value is -11.2. The number of likely N-dealkylation sites (N-methyl/N-ethyl adjacent to an activating group) is 1. The average Bonchev–Trinajstić information content (AvgIpc) is 0.488. The molecular weight excluding hydrogens is 1510 g/mol. The first kappa shape index (κ1) is 89.2. The third-order valence-electron chi connectivity index (χ3n) is 24.4. The van der Waals surface area contributed by atoms with Gasteiger partial charge < -0.3 is 77.5 Å². The van der Waals surface area contributed by atoms with Crippen LogP contribution < -0.4 is 37.2 Å². The number of nitrogens with one attached hydrogen (secondary N) is 7. The normalized spacial score (nSPS) is 28.7. The Morgan fingerprint density at radius 3 is 1.06 bits per heavy atom. The highest BCUT2D eigenvalue weighted by atomic mass is 16.5. The number of ether oxygens (including phenoxy) is 1. The van der Waals surface area contributed by atoms with E-state index in [9.17, 15) is 88.2 Å². The largest absolute Gasteiger partial charge is 0.507 e. The van der Waals surface area contributed by atoms with Crippen LogP contribution in [0.4, 0.5) is 0 Å². The van der Waals surface area contributed by atoms with Gasteiger partial charge in [0.2, 0.25) is 29.5 Å². The molecule has 630 valence electrons. The van der Waals surface area contributed by atoms with E-state index in [-0.39, 0.29) is 113 Å². The molecule has 3 saturated heterocycles. The van der Waals surface area contributed by atoms with E-state index in [1.54, 1.807) is 78.1 Å². The van der Waals surface area contributed by atoms with E-state index in [2.05, 4.69) is 37.2 Å². The molecule has 6 aliphatic rings. The van der Waals surface area contributed by atoms with Gasteiger partial charge in [-0.3, -0.25) is 57.5 Å². The maximum absolute atomic E-state index is 13.8. The van der Waals surface area contributed by atoms with Gasteiger partial charge in [0.1, 0.15) is 35.4 Å². The zero-order valence-corrected chi connectivity index (χ0v) is 67.8. The fourth-order valence-electron chi connectivity index (χ4n) is 16.3. The van der Waals surface area contributed by atoms with E-state index >= 15 is 0 Å². The van der Waals surface area contributed by atoms with Gasteiger partial charge >= 0.3 is 5.97 Å². The number of Topliss-reactive ketones (excluding diaryl/α,β-unsaturated/α-hetero) is 3. The number of cyclic esters (lactones) is 1. The summed E-state index contributed by atoms with van der Waals surface area (Å²) in [5, 5.41) is 84.1. The monoisotopic (exact) mass is 1620 g/mol. The van der Waals surface area contributed by atoms with E-state index in [0.29, 0.717) is 0 Å². The zero-order valence-electron chi connectivity index (χ0n) is 67.8. The minimum absolute atomic E-state index is 0.00374. The van der Waals surface area contributed by atoms with Crippen molar-refractivity contribution >= 4 is 70.6 Å². The Balaban J connectivity index is 0.000000186. The molecule has 0 bridgehead atoms. The Bertz CT molecular complexity index is 4330. The maximum atomic E-state index is 13.8. The van der Waals surface area contributed by atoms with Crippen LogP contribution in [-0.2, 0) is 67.2 Å². The van der Waals surface area contributed by atoms with Crippen molar-refractivity contribution in [2.75, 3.05) is 7.05 Å². The topological polar surface area (TPSA) is 423 Å². The number of esters is 1. The Labute approximate surface area is 687 Å². The highest BCUT2D eigenvalue weighted by Crippen LogP contribution is 2.38. The average molecular weight is 1620 g/mol. The van der Waals surface area contributed by atoms with Crippen molar-refractivity contribution in [2.24, 2.45) is 53.3 Å². The molecule has 6 aromatic carbocycles. The molecule has 8 amide bonds. The molecule has 3 unspecified atom stereocenters. The first-order valence-electron chi connectivity index (χ1n) is 41.1. The number of aliphatic hydroxyl groups is 3. The Morgan fingerprint density at radius 1 is 0.390 bits per heavy atom. The summed E-state index contributed by atoms with van der Waals surface area (Å²) in [5.41, 5.74) is 2.55. The number of benzene rings is 6. The predicted octanol–water partition coefficient (Wildman–Crippen LogP) is 7.10. The van der Waals surface area contributed by atoms with Crippen molar-refractivity contribution in [1.29, 1.82) is 0 Å². The van der Waals surface area contributed by atoms with Gasteiger partial charge in [0, 0.05) is 32.2 Å². The summed E-state index contributed by atoms with van der Waals surface area (Å²) in [7, 11) is 1.62. The van der Waals surface area contributed by atoms with Crippen LogP contribution in [0.2, 0.25) is 0 Å². The fourth-order valence-corrected chi connectivity index (χ4v) is 16.3. The lowest BCUT2D eigenvalue weighted by Gasteiger charge is -2.41. The standard InChI is InChI=1S/C31H39N3O6.C30H37N3O6.C30H36N2O7/c1-18-16-25(36)27(21-12-9-13-21)34(3)31(40)19(2)28(37)23(17-20-10-5-4-6-11-20)32-30(39)26(18)33-29(38)22-14-7-8-15-24(22)35;1-17-15-24(35)26(20-11-8-12-20)33-28(37)18(2)27(36)22(16-19-9-4-3-5-10-19)31-30(39)25(17)32-29(38)21-13-6-7-14-23(21)34;1-17-15-24(34)27(20-11-8-12-20)39-30(38)18(2)26(35)22(16-19-9-4-3-5-10-19)31-29(37)25(17)32-28(36)21-13-6-7-14-23(21)33/h4-8,10-11,14-15,18-19,21,23,26-28,35,37H,9,12-13,16-17H2,1-3H3,(H,32,39)(H,33,38);3-7,9-10,13-14,17-18,20,22,25-27,34,36H,8,11-12,15-16H2,1-2H3,(H,31,39)(H,32,38)(H,33,37);3-7,9-10,13-14,17-18,20,22,25-27,33,35H,8,11-12,15-16H2,1-2H3,(H,31,37)(H,32,36)/t18-,19+,23-,26-,27?,28-;17-,18+,22-,25-,26?,27-;17-,18+,22-,25-,26-,27?/m000/s1. The van der Waals surface area contributed by atoms with Crippen LogP contribution in [0.15, 0.2) is 164 Å². The fraction of sp³-hybridized carbons (Fsp3) is 0.473. The number of rotatable bonds is 15. The van der Waals surface area contributed by atoms with Crippen LogP contribution in [0.5, 0.6) is 17.2 Å². The quantitative estimate of drug-likeness (QED) is 0.0456. The molecule has 0 spiro atoms. The number of carbonyl (C=O) groups is 12. The molecule has 12 rings (SSSR count). The van der Waals surface area contributed by atoms with Gasteiger partial charge in [-0.1, -0.05) is 181 Å². The van der Waals surface area contributed by atoms with Gasteiger partial charge in [-0.25, -0.2) is 0 Å². The number of hydrogen-bond acceptors (Lipinski definition) is 19. The summed E-state index contributed by atoms with van der Waals surface area (Å²) >= 11 is 0. The van der Waals surface area contributed by atoms with Gasteiger partial charge in [0.05, 0.1) is 83.0 Å². The predicted molar refractivity (Wildman–Crippen MR) is 437 cm³/mol. The third kappa shape index (κ3) is 22.6. The molecule has 0 aromatic heterocycles. The molecule has 6 fully saturated rings. The maximum Gasteiger partial charge on any atom is 0.312 e. The van der Waals surface area contributed by atoms with Crippen molar-refractivity contribution in [1.82, 2.24) is 42.1 Å². The molecule has 118 heavy (non-hydrogen) atoms. The second-order valence-corrected chi connectivity index (χ2v) is 32.9. The van der Waals surface area contributed by atoms with Gasteiger partial charge in [-0.05, 0) is 147 Å². The first-order valence-corrected chi connectivity index (χ1v) is 41.1. The number of ketones is 3. The minimum atomic E-state index is -1.32. The van der Waals surface area contributed by atoms with E-state index in [1.165, 1.54) is 48.2 Å². The second-order valence-electron chi connectivity index (χ2n) is 32.9. The van der Waals surface area contributed by atoms with E-state index < -0.39 is 156 Å². The SMILES string of the molecule is C[C@H]1CC(=O)C(C2CCC2)N(C)C(=O)[C@H](C)[C@H](O)[C@H](Cc2ccccc2)NC(=O)[C@H]1NC(=O)c1ccccc1O.C[C@H]1CC(=O)C(C2CCC2)NC(=O)[C@H](C)[C@H](O)[C@H](Cc2ccccc2)NC(=O)[C@H]1NC(=O)c1ccccc1O.C[C@H]1CC(=O)C(C2CCC2)OC(=O)[C@H](C)[C@H](O)[C@H](Cc2ccccc2)NC(=O)[C@H]1NC(=O)c1ccccc1O. The van der Waals surface area contributed by atoms with Crippen molar-refractivity contribution in [3.05, 3.63) is 197 Å². The van der Waals surface area contributed by atoms with Crippen molar-refractivity contribution in [2.45, 2.75) is 211 Å². The van der Waals surface area contributed by atoms with Crippen molar-refractivity contribution in [3.63, 3.8) is 0 Å². The smallest absolute Gasteiger partial charge is 0.312 e. The molecule has 13 N–H and O–H groups in total. The van der Waals surface area contributed by atoms with Gasteiger partial charge in [0.25, 0.3) is 17.7 Å². The number of carbonyl (C=O) groups excluding carboxylic acids is 12. The first-order chi connectivity index (χ1) is 56.4. The zero-order chi connectivity index (χ0) is 85.2. The van der Waals surface area contributed by atoms with Crippen LogP contribution in [-0.4, -0.2) is 186 Å². The minimum Gasteiger partial charge on any atom is -0.507 e. The number of para-hydroxylation sites is 3. The summed E-state index contributed by atoms with van der Waals surface area (Å²) < 4.78 is 5.72. The van der Waals surface area contributed by atoms with Crippen LogP contribution in [0.3, 0.4) is 0 Å². The molecule has 3 aliphatic carbocycles. The second kappa shape index (κ2) is 41.3. The highest BCUT2D eigenvalue weighted by Gasteiger charge is 2.47. The van der Waals surface area contributed by atoms with Crippen LogP contribution in [0.25, 0.3) is 0 Å². The summed E-state index contributed by atoms with van der Waals surface area (Å²) in [6.07, 6.45) is 3.43. The van der Waals surface area contributed by atoms with E-state index in [1.807, 2.05) is 91.0 Å². The summed E-state index contributed by atoms with van der Waals surface area (Å²) in [6.45, 7) is 9.79. The molecule has 18 atom stereocenters. The summed E-state index contributed by atoms with van der Waals surface area (Å²) in [4.78, 5) is 162. The van der Waals surface area contributed by atoms with Gasteiger partial charge in [-0.2, -0.15) is 0 Å². The van der Waals surface area contributed by atoms with Crippen molar-refractivity contribution < 1.29 is 92.9 Å². The molecule has 0 radical (unpaired) electrons. The summed E-state index contributed by atoms with van der Waals surface area (Å²) in [5.74, 6) is -11.4. The third-order valence-corrected chi connectivity index (χ3v) is 24.4. The van der Waals surface area contributed by atoms with E-state index in [4.69, 9.17) is 4.74 Å².